The maximum absolute atomic E-state index is 13.8. The van der Waals surface area contributed by atoms with Crippen molar-refractivity contribution in [3.05, 3.63) is 93.2 Å². The fraction of sp³-hybridized carbons (Fsp3) is 0.276. The van der Waals surface area contributed by atoms with Crippen LogP contribution in [0.1, 0.15) is 41.4 Å². The van der Waals surface area contributed by atoms with Crippen LogP contribution in [-0.2, 0) is 17.9 Å². The first-order valence-electron chi connectivity index (χ1n) is 12.6. The number of carbonyl (C=O) groups excluding carboxylic acids is 2. The molecule has 9 nitrogen and oxygen atoms in total. The van der Waals surface area contributed by atoms with Crippen molar-refractivity contribution < 1.29 is 27.9 Å². The Balaban J connectivity index is 1.45. The zero-order valence-corrected chi connectivity index (χ0v) is 22.1. The molecule has 202 valence electrons. The second-order valence-electron chi connectivity index (χ2n) is 9.23. The van der Waals surface area contributed by atoms with E-state index < -0.39 is 0 Å². The van der Waals surface area contributed by atoms with Crippen LogP contribution < -0.4 is 14.9 Å². The van der Waals surface area contributed by atoms with Crippen molar-refractivity contribution in [2.24, 2.45) is 0 Å². The second kappa shape index (κ2) is 11.7. The molecule has 1 aliphatic rings. The molecular formula is C29H27ClN2O7. The van der Waals surface area contributed by atoms with E-state index in [9.17, 15) is 14.4 Å². The van der Waals surface area contributed by atoms with Gasteiger partial charge in [-0.25, -0.2) is 0 Å². The number of nitrogens with zero attached hydrogens (tertiary/aromatic N) is 2. The Morgan fingerprint density at radius 3 is 2.62 bits per heavy atom. The maximum atomic E-state index is 13.8. The topological polar surface area (TPSA) is 102 Å². The van der Waals surface area contributed by atoms with Crippen molar-refractivity contribution in [2.75, 3.05) is 19.9 Å². The van der Waals surface area contributed by atoms with Gasteiger partial charge in [0.2, 0.25) is 12.7 Å². The Bertz CT molecular complexity index is 1550. The van der Waals surface area contributed by atoms with Gasteiger partial charge in [-0.3, -0.25) is 14.4 Å². The van der Waals surface area contributed by atoms with E-state index in [1.165, 1.54) is 22.3 Å². The predicted molar refractivity (Wildman–Crippen MR) is 144 cm³/mol. The fourth-order valence-corrected chi connectivity index (χ4v) is 4.54. The Morgan fingerprint density at radius 1 is 0.974 bits per heavy atom. The average Bonchev–Trinajstić information content (AvgIpc) is 3.64. The van der Waals surface area contributed by atoms with E-state index >= 15 is 0 Å². The number of hydrogen-bond donors (Lipinski definition) is 0. The van der Waals surface area contributed by atoms with E-state index in [0.29, 0.717) is 34.0 Å². The molecule has 0 fully saturated rings. The van der Waals surface area contributed by atoms with Crippen molar-refractivity contribution in [3.63, 3.8) is 0 Å². The van der Waals surface area contributed by atoms with Gasteiger partial charge in [-0.05, 0) is 54.4 Å². The Labute approximate surface area is 229 Å². The number of furan rings is 1. The van der Waals surface area contributed by atoms with Crippen LogP contribution >= 0.6 is 11.6 Å². The third-order valence-electron chi connectivity index (χ3n) is 6.46. The molecule has 0 saturated heterocycles. The maximum Gasteiger partial charge on any atom is 0.290 e. The minimum atomic E-state index is -0.371. The highest BCUT2D eigenvalue weighted by Crippen LogP contribution is 2.33. The summed E-state index contributed by atoms with van der Waals surface area (Å²) >= 11 is 6.11. The molecule has 0 atom stereocenters. The lowest BCUT2D eigenvalue weighted by Gasteiger charge is -2.27. The molecule has 0 saturated carbocycles. The van der Waals surface area contributed by atoms with Crippen LogP contribution in [-0.4, -0.2) is 41.5 Å². The van der Waals surface area contributed by atoms with Crippen molar-refractivity contribution in [1.29, 1.82) is 0 Å². The van der Waals surface area contributed by atoms with E-state index in [2.05, 4.69) is 0 Å². The number of hydrogen-bond acceptors (Lipinski definition) is 7. The molecule has 2 aromatic heterocycles. The lowest BCUT2D eigenvalue weighted by Crippen LogP contribution is -2.43. The molecule has 0 spiro atoms. The molecule has 4 aromatic rings. The summed E-state index contributed by atoms with van der Waals surface area (Å²) in [5.41, 5.74) is 1.18. The van der Waals surface area contributed by atoms with Crippen LogP contribution in [0.25, 0.3) is 11.0 Å². The zero-order valence-electron chi connectivity index (χ0n) is 21.4. The number of fused-ring (bicyclic) bond motifs is 2. The molecule has 39 heavy (non-hydrogen) atoms. The molecule has 2 amide bonds. The number of carbonyl (C=O) groups is 2. The zero-order chi connectivity index (χ0) is 27.4. The van der Waals surface area contributed by atoms with Crippen LogP contribution in [0.15, 0.2) is 74.7 Å². The normalized spacial score (nSPS) is 12.1. The Morgan fingerprint density at radius 2 is 1.82 bits per heavy atom. The van der Waals surface area contributed by atoms with Gasteiger partial charge >= 0.3 is 0 Å². The van der Waals surface area contributed by atoms with Gasteiger partial charge in [0.15, 0.2) is 22.7 Å². The largest absolute Gasteiger partial charge is 0.464 e. The quantitative estimate of drug-likeness (QED) is 0.266. The summed E-state index contributed by atoms with van der Waals surface area (Å²) in [5.74, 6) is 0.656. The number of amides is 2. The second-order valence-corrected chi connectivity index (χ2v) is 9.66. The third kappa shape index (κ3) is 5.93. The molecule has 0 N–H and O–H groups in total. The molecule has 2 aromatic carbocycles. The van der Waals surface area contributed by atoms with Gasteiger partial charge in [0.25, 0.3) is 5.91 Å². The first-order valence-corrected chi connectivity index (χ1v) is 13.0. The highest BCUT2D eigenvalue weighted by atomic mass is 35.5. The summed E-state index contributed by atoms with van der Waals surface area (Å²) in [6.45, 7) is 2.47. The molecule has 0 unspecified atom stereocenters. The van der Waals surface area contributed by atoms with Crippen LogP contribution in [0.2, 0.25) is 5.02 Å². The van der Waals surface area contributed by atoms with E-state index in [1.807, 2.05) is 13.0 Å². The smallest absolute Gasteiger partial charge is 0.290 e. The number of ether oxygens (including phenoxy) is 2. The Kier molecular flexibility index (Phi) is 7.88. The van der Waals surface area contributed by atoms with Gasteiger partial charge < -0.3 is 28.1 Å². The van der Waals surface area contributed by atoms with Gasteiger partial charge in [0.05, 0.1) is 30.0 Å². The summed E-state index contributed by atoms with van der Waals surface area (Å²) in [6.07, 6.45) is 4.35. The first kappa shape index (κ1) is 26.4. The minimum Gasteiger partial charge on any atom is -0.464 e. The monoisotopic (exact) mass is 550 g/mol. The van der Waals surface area contributed by atoms with Crippen LogP contribution in [0.5, 0.6) is 11.5 Å². The van der Waals surface area contributed by atoms with Crippen molar-refractivity contribution >= 4 is 34.4 Å². The van der Waals surface area contributed by atoms with Gasteiger partial charge in [0, 0.05) is 18.1 Å². The first-order chi connectivity index (χ1) is 18.9. The van der Waals surface area contributed by atoms with Crippen LogP contribution in [0.3, 0.4) is 0 Å². The number of rotatable bonds is 10. The molecule has 0 bridgehead atoms. The van der Waals surface area contributed by atoms with Crippen LogP contribution in [0.4, 0.5) is 0 Å². The molecule has 5 rings (SSSR count). The van der Waals surface area contributed by atoms with Gasteiger partial charge in [-0.1, -0.05) is 31.0 Å². The number of halogens is 1. The number of benzene rings is 2. The third-order valence-corrected chi connectivity index (χ3v) is 6.69. The van der Waals surface area contributed by atoms with E-state index in [4.69, 9.17) is 29.9 Å². The lowest BCUT2D eigenvalue weighted by atomic mass is 10.1. The van der Waals surface area contributed by atoms with E-state index in [-0.39, 0.29) is 55.0 Å². The molecular weight excluding hydrogens is 524 g/mol. The summed E-state index contributed by atoms with van der Waals surface area (Å²) in [7, 11) is 0. The van der Waals surface area contributed by atoms with Crippen molar-refractivity contribution in [1.82, 2.24) is 9.80 Å². The molecule has 10 heteroatoms. The van der Waals surface area contributed by atoms with Gasteiger partial charge in [-0.2, -0.15) is 0 Å². The van der Waals surface area contributed by atoms with Crippen molar-refractivity contribution in [2.45, 2.75) is 32.9 Å². The van der Waals surface area contributed by atoms with E-state index in [1.54, 1.807) is 42.5 Å². The average molecular weight is 551 g/mol. The van der Waals surface area contributed by atoms with Crippen LogP contribution in [0, 0.1) is 0 Å². The van der Waals surface area contributed by atoms with Gasteiger partial charge in [0.1, 0.15) is 12.1 Å². The van der Waals surface area contributed by atoms with Crippen molar-refractivity contribution in [3.8, 4) is 11.5 Å². The highest BCUT2D eigenvalue weighted by Gasteiger charge is 2.25. The van der Waals surface area contributed by atoms with Gasteiger partial charge in [-0.15, -0.1) is 0 Å². The molecule has 0 radical (unpaired) electrons. The Hall–Kier alpha value is -4.24. The highest BCUT2D eigenvalue weighted by molar-refractivity contribution is 6.31. The molecule has 0 aliphatic carbocycles. The number of unbranched alkanes of at least 4 members (excludes halogenated alkanes) is 1. The summed E-state index contributed by atoms with van der Waals surface area (Å²) in [4.78, 5) is 43.2. The summed E-state index contributed by atoms with van der Waals surface area (Å²) in [5, 5.41) is 0.733. The molecule has 1 aliphatic heterocycles. The minimum absolute atomic E-state index is 0.0331. The molecule has 3 heterocycles. The lowest BCUT2D eigenvalue weighted by molar-refractivity contribution is -0.133. The summed E-state index contributed by atoms with van der Waals surface area (Å²) < 4.78 is 21.9. The fourth-order valence-electron chi connectivity index (χ4n) is 4.37. The predicted octanol–water partition coefficient (Wildman–Crippen LogP) is 5.24. The SMILES string of the molecule is CCCCN(CC(=O)N(Cc1ccc2c(c1)OCO2)Cc1coc2ccc(Cl)cc2c1=O)C(=O)c1ccco1. The summed E-state index contributed by atoms with van der Waals surface area (Å²) in [6, 6.07) is 13.4. The standard InChI is InChI=1S/C29H27ClN2O7/c1-2-3-10-31(29(35)25-5-4-11-36-25)16-27(33)32(14-19-6-8-24-26(12-19)39-18-38-24)15-20-17-37-23-9-7-21(30)13-22(23)28(20)34/h4-9,11-13,17H,2-3,10,14-16,18H2,1H3. The van der Waals surface area contributed by atoms with E-state index in [0.717, 1.165) is 18.4 Å².